The number of nitrogens with one attached hydrogen (secondary N) is 1. The van der Waals surface area contributed by atoms with E-state index in [0.717, 1.165) is 11.5 Å². The van der Waals surface area contributed by atoms with Crippen LogP contribution in [0.15, 0.2) is 23.2 Å². The highest BCUT2D eigenvalue weighted by Gasteiger charge is 1.98. The summed E-state index contributed by atoms with van der Waals surface area (Å²) in [6.45, 7) is 3.57. The molecule has 0 aliphatic rings. The summed E-state index contributed by atoms with van der Waals surface area (Å²) in [7, 11) is 1.69. The zero-order valence-corrected chi connectivity index (χ0v) is 8.06. The summed E-state index contributed by atoms with van der Waals surface area (Å²) in [5.41, 5.74) is 1.38. The van der Waals surface area contributed by atoms with Gasteiger partial charge in [0.15, 0.2) is 0 Å². The molecule has 0 heterocycles. The highest BCUT2D eigenvalue weighted by Crippen LogP contribution is 2.13. The van der Waals surface area contributed by atoms with Crippen molar-refractivity contribution in [3.63, 3.8) is 0 Å². The third-order valence-corrected chi connectivity index (χ3v) is 1.83. The van der Waals surface area contributed by atoms with E-state index in [9.17, 15) is 4.39 Å². The van der Waals surface area contributed by atoms with Gasteiger partial charge in [-0.05, 0) is 31.5 Å². The molecular weight excluding hydrogens is 167 g/mol. The van der Waals surface area contributed by atoms with Crippen LogP contribution in [0.25, 0.3) is 0 Å². The predicted molar refractivity (Wildman–Crippen MR) is 53.8 cm³/mol. The number of anilines is 1. The van der Waals surface area contributed by atoms with Crippen molar-refractivity contribution in [2.45, 2.75) is 13.8 Å². The minimum atomic E-state index is -0.200. The van der Waals surface area contributed by atoms with E-state index in [4.69, 9.17) is 0 Å². The van der Waals surface area contributed by atoms with Gasteiger partial charge < -0.3 is 5.32 Å². The van der Waals surface area contributed by atoms with Crippen LogP contribution in [0.2, 0.25) is 0 Å². The lowest BCUT2D eigenvalue weighted by Crippen LogP contribution is -2.06. The van der Waals surface area contributed by atoms with Gasteiger partial charge in [0.1, 0.15) is 5.82 Å². The molecule has 0 atom stereocenters. The number of halogens is 1. The fraction of sp³-hybridized carbons (Fsp3) is 0.300. The molecule has 0 bridgehead atoms. The van der Waals surface area contributed by atoms with E-state index in [0.29, 0.717) is 5.56 Å². The van der Waals surface area contributed by atoms with E-state index in [-0.39, 0.29) is 5.82 Å². The predicted octanol–water partition coefficient (Wildman–Crippen LogP) is 2.59. The van der Waals surface area contributed by atoms with Gasteiger partial charge in [-0.3, -0.25) is 4.99 Å². The van der Waals surface area contributed by atoms with Gasteiger partial charge in [0.2, 0.25) is 0 Å². The summed E-state index contributed by atoms with van der Waals surface area (Å²) in [5, 5.41) is 2.97. The van der Waals surface area contributed by atoms with Crippen LogP contribution in [0.5, 0.6) is 0 Å². The monoisotopic (exact) mass is 180 g/mol. The molecule has 0 radical (unpaired) electrons. The molecule has 0 aliphatic carbocycles. The van der Waals surface area contributed by atoms with Crippen LogP contribution >= 0.6 is 0 Å². The number of amidine groups is 1. The molecule has 1 aromatic carbocycles. The number of hydrogen-bond acceptors (Lipinski definition) is 1. The van der Waals surface area contributed by atoms with Crippen LogP contribution in [-0.4, -0.2) is 12.9 Å². The molecule has 0 saturated heterocycles. The van der Waals surface area contributed by atoms with Crippen molar-refractivity contribution >= 4 is 11.5 Å². The molecule has 2 nitrogen and oxygen atoms in total. The van der Waals surface area contributed by atoms with E-state index < -0.39 is 0 Å². The highest BCUT2D eigenvalue weighted by molar-refractivity contribution is 5.93. The Morgan fingerprint density at radius 2 is 2.15 bits per heavy atom. The van der Waals surface area contributed by atoms with Gasteiger partial charge in [-0.25, -0.2) is 4.39 Å². The number of nitrogens with zero attached hydrogens (tertiary/aromatic N) is 1. The van der Waals surface area contributed by atoms with Crippen molar-refractivity contribution in [1.29, 1.82) is 0 Å². The average Bonchev–Trinajstić information content (AvgIpc) is 2.11. The van der Waals surface area contributed by atoms with Crippen LogP contribution in [0, 0.1) is 12.7 Å². The fourth-order valence-corrected chi connectivity index (χ4v) is 0.935. The third-order valence-electron chi connectivity index (χ3n) is 1.83. The van der Waals surface area contributed by atoms with Crippen LogP contribution < -0.4 is 5.32 Å². The second kappa shape index (κ2) is 4.03. The molecule has 0 aliphatic heterocycles. The van der Waals surface area contributed by atoms with Crippen LogP contribution in [0.1, 0.15) is 12.5 Å². The van der Waals surface area contributed by atoms with Crippen LogP contribution in [0.3, 0.4) is 0 Å². The van der Waals surface area contributed by atoms with Crippen molar-refractivity contribution in [1.82, 2.24) is 0 Å². The Balaban J connectivity index is 2.86. The molecule has 13 heavy (non-hydrogen) atoms. The van der Waals surface area contributed by atoms with Gasteiger partial charge in [0, 0.05) is 12.7 Å². The Kier molecular flexibility index (Phi) is 3.01. The second-order valence-electron chi connectivity index (χ2n) is 2.90. The van der Waals surface area contributed by atoms with E-state index in [1.807, 2.05) is 13.0 Å². The lowest BCUT2D eigenvalue weighted by molar-refractivity contribution is 0.619. The molecule has 1 N–H and O–H groups in total. The molecule has 0 spiro atoms. The van der Waals surface area contributed by atoms with Gasteiger partial charge in [0.25, 0.3) is 0 Å². The fourth-order valence-electron chi connectivity index (χ4n) is 0.935. The lowest BCUT2D eigenvalue weighted by Gasteiger charge is -2.05. The number of benzene rings is 1. The van der Waals surface area contributed by atoms with Crippen molar-refractivity contribution in [3.8, 4) is 0 Å². The van der Waals surface area contributed by atoms with Gasteiger partial charge >= 0.3 is 0 Å². The minimum Gasteiger partial charge on any atom is -0.344 e. The van der Waals surface area contributed by atoms with Crippen LogP contribution in [0.4, 0.5) is 10.1 Å². The SMILES string of the molecule is C/N=C(/C)Nc1ccc(C)c(F)c1. The molecule has 1 rings (SSSR count). The molecular formula is C10H13FN2. The first-order chi connectivity index (χ1) is 6.13. The molecule has 0 saturated carbocycles. The van der Waals surface area contributed by atoms with Gasteiger partial charge in [-0.1, -0.05) is 6.07 Å². The van der Waals surface area contributed by atoms with Gasteiger partial charge in [-0.2, -0.15) is 0 Å². The summed E-state index contributed by atoms with van der Waals surface area (Å²) < 4.78 is 13.1. The smallest absolute Gasteiger partial charge is 0.128 e. The molecule has 0 fully saturated rings. The Bertz CT molecular complexity index is 332. The Morgan fingerprint density at radius 3 is 2.69 bits per heavy atom. The van der Waals surface area contributed by atoms with Crippen molar-refractivity contribution in [2.75, 3.05) is 12.4 Å². The molecule has 0 unspecified atom stereocenters. The zero-order chi connectivity index (χ0) is 9.84. The number of rotatable bonds is 1. The zero-order valence-electron chi connectivity index (χ0n) is 8.06. The van der Waals surface area contributed by atoms with Crippen molar-refractivity contribution in [2.24, 2.45) is 4.99 Å². The van der Waals surface area contributed by atoms with Gasteiger partial charge in [0.05, 0.1) is 5.84 Å². The number of hydrogen-bond donors (Lipinski definition) is 1. The van der Waals surface area contributed by atoms with Crippen LogP contribution in [-0.2, 0) is 0 Å². The molecule has 0 amide bonds. The quantitative estimate of drug-likeness (QED) is 0.521. The Morgan fingerprint density at radius 1 is 1.46 bits per heavy atom. The summed E-state index contributed by atoms with van der Waals surface area (Å²) in [6.07, 6.45) is 0. The first kappa shape index (κ1) is 9.71. The Hall–Kier alpha value is -1.38. The summed E-state index contributed by atoms with van der Waals surface area (Å²) in [5.74, 6) is 0.567. The average molecular weight is 180 g/mol. The number of aliphatic imine (C=N–C) groups is 1. The lowest BCUT2D eigenvalue weighted by atomic mass is 10.2. The Labute approximate surface area is 77.5 Å². The summed E-state index contributed by atoms with van der Waals surface area (Å²) in [6, 6.07) is 5.03. The topological polar surface area (TPSA) is 24.4 Å². The highest BCUT2D eigenvalue weighted by atomic mass is 19.1. The summed E-state index contributed by atoms with van der Waals surface area (Å²) >= 11 is 0. The minimum absolute atomic E-state index is 0.200. The first-order valence-corrected chi connectivity index (χ1v) is 4.10. The van der Waals surface area contributed by atoms with Crippen molar-refractivity contribution < 1.29 is 4.39 Å². The normalized spacial score (nSPS) is 11.5. The van der Waals surface area contributed by atoms with E-state index >= 15 is 0 Å². The molecule has 3 heteroatoms. The largest absolute Gasteiger partial charge is 0.344 e. The number of aryl methyl sites for hydroxylation is 1. The molecule has 1 aromatic rings. The standard InChI is InChI=1S/C10H13FN2/c1-7-4-5-9(6-10(7)11)13-8(2)12-3/h4-6H,1-3H3,(H,12,13). The van der Waals surface area contributed by atoms with Crippen molar-refractivity contribution in [3.05, 3.63) is 29.6 Å². The van der Waals surface area contributed by atoms with E-state index in [2.05, 4.69) is 10.3 Å². The third kappa shape index (κ3) is 2.54. The maximum atomic E-state index is 13.1. The van der Waals surface area contributed by atoms with Gasteiger partial charge in [-0.15, -0.1) is 0 Å². The van der Waals surface area contributed by atoms with E-state index in [1.165, 1.54) is 6.07 Å². The molecule has 0 aromatic heterocycles. The van der Waals surface area contributed by atoms with E-state index in [1.54, 1.807) is 20.0 Å². The summed E-state index contributed by atoms with van der Waals surface area (Å²) in [4.78, 5) is 3.92. The maximum absolute atomic E-state index is 13.1. The second-order valence-corrected chi connectivity index (χ2v) is 2.90. The maximum Gasteiger partial charge on any atom is 0.128 e. The molecule has 70 valence electrons. The first-order valence-electron chi connectivity index (χ1n) is 4.10.